The van der Waals surface area contributed by atoms with Crippen LogP contribution in [0.1, 0.15) is 31.7 Å². The van der Waals surface area contributed by atoms with E-state index in [4.69, 9.17) is 9.47 Å². The van der Waals surface area contributed by atoms with Crippen molar-refractivity contribution in [2.45, 2.75) is 32.2 Å². The van der Waals surface area contributed by atoms with Gasteiger partial charge in [-0.15, -0.1) is 0 Å². The fourth-order valence-corrected chi connectivity index (χ4v) is 4.13. The third-order valence-electron chi connectivity index (χ3n) is 5.77. The first kappa shape index (κ1) is 21.3. The van der Waals surface area contributed by atoms with Gasteiger partial charge in [0, 0.05) is 38.7 Å². The minimum Gasteiger partial charge on any atom is -0.490 e. The molecular formula is C21H29N3O5. The third kappa shape index (κ3) is 5.55. The number of rotatable bonds is 7. The Hall–Kier alpha value is -2.45. The number of nitro benzene ring substituents is 1. The molecule has 8 nitrogen and oxygen atoms in total. The van der Waals surface area contributed by atoms with Crippen LogP contribution in [0.2, 0.25) is 0 Å². The van der Waals surface area contributed by atoms with Gasteiger partial charge in [-0.05, 0) is 55.6 Å². The Balaban J connectivity index is 1.52. The van der Waals surface area contributed by atoms with Gasteiger partial charge in [0.05, 0.1) is 12.0 Å². The maximum Gasteiger partial charge on any atom is 0.310 e. The van der Waals surface area contributed by atoms with Crippen molar-refractivity contribution in [2.75, 3.05) is 46.4 Å². The quantitative estimate of drug-likeness (QED) is 0.393. The molecule has 8 heteroatoms. The monoisotopic (exact) mass is 403 g/mol. The van der Waals surface area contributed by atoms with Crippen molar-refractivity contribution >= 4 is 17.2 Å². The van der Waals surface area contributed by atoms with Gasteiger partial charge in [-0.25, -0.2) is 0 Å². The predicted octanol–water partition coefficient (Wildman–Crippen LogP) is 2.72. The average molecular weight is 403 g/mol. The molecule has 1 saturated heterocycles. The lowest BCUT2D eigenvalue weighted by atomic mass is 9.96. The number of carbonyl (C=O) groups is 1. The Kier molecular flexibility index (Phi) is 7.22. The lowest BCUT2D eigenvalue weighted by Crippen LogP contribution is -2.46. The van der Waals surface area contributed by atoms with Crippen LogP contribution < -0.4 is 4.74 Å². The van der Waals surface area contributed by atoms with E-state index in [2.05, 4.69) is 15.9 Å². The first-order valence-corrected chi connectivity index (χ1v) is 10.1. The summed E-state index contributed by atoms with van der Waals surface area (Å²) < 4.78 is 10.2. The van der Waals surface area contributed by atoms with Gasteiger partial charge in [-0.1, -0.05) is 6.08 Å². The number of benzene rings is 1. The summed E-state index contributed by atoms with van der Waals surface area (Å²) in [7, 11) is 1.46. The molecule has 2 heterocycles. The molecule has 3 rings (SSSR count). The van der Waals surface area contributed by atoms with Crippen molar-refractivity contribution in [1.82, 2.24) is 9.80 Å². The Morgan fingerprint density at radius 2 is 2.03 bits per heavy atom. The molecule has 2 aliphatic rings. The second-order valence-electron chi connectivity index (χ2n) is 7.53. The zero-order chi connectivity index (χ0) is 20.8. The summed E-state index contributed by atoms with van der Waals surface area (Å²) in [5.41, 5.74) is 2.20. The van der Waals surface area contributed by atoms with Crippen LogP contribution in [0.15, 0.2) is 24.3 Å². The summed E-state index contributed by atoms with van der Waals surface area (Å²) in [6, 6.07) is 5.67. The van der Waals surface area contributed by atoms with Gasteiger partial charge in [-0.3, -0.25) is 24.7 Å². The fraction of sp³-hybridized carbons (Fsp3) is 0.571. The minimum absolute atomic E-state index is 0.00486. The van der Waals surface area contributed by atoms with Gasteiger partial charge in [0.1, 0.15) is 6.61 Å². The molecule has 158 valence electrons. The van der Waals surface area contributed by atoms with E-state index in [0.717, 1.165) is 57.5 Å². The van der Waals surface area contributed by atoms with Crippen LogP contribution in [0.5, 0.6) is 5.75 Å². The number of methoxy groups -OCH3 is 1. The number of carbonyl (C=O) groups excluding carboxylic acids is 1. The van der Waals surface area contributed by atoms with Crippen LogP contribution in [0, 0.1) is 10.1 Å². The smallest absolute Gasteiger partial charge is 0.310 e. The summed E-state index contributed by atoms with van der Waals surface area (Å²) in [6.07, 6.45) is 5.40. The van der Waals surface area contributed by atoms with E-state index in [9.17, 15) is 14.9 Å². The van der Waals surface area contributed by atoms with Crippen molar-refractivity contribution < 1.29 is 19.2 Å². The predicted molar refractivity (Wildman–Crippen MR) is 110 cm³/mol. The van der Waals surface area contributed by atoms with Crippen molar-refractivity contribution in [2.24, 2.45) is 0 Å². The number of hydrogen-bond acceptors (Lipinski definition) is 7. The third-order valence-corrected chi connectivity index (χ3v) is 5.77. The lowest BCUT2D eigenvalue weighted by Gasteiger charge is -2.39. The molecule has 0 unspecified atom stereocenters. The van der Waals surface area contributed by atoms with Crippen molar-refractivity contribution in [1.29, 1.82) is 0 Å². The molecule has 0 aliphatic carbocycles. The molecular weight excluding hydrogens is 374 g/mol. The van der Waals surface area contributed by atoms with Crippen LogP contribution in [0.3, 0.4) is 0 Å². The van der Waals surface area contributed by atoms with Crippen LogP contribution in [0.4, 0.5) is 5.69 Å². The number of piperidine rings is 1. The SMILES string of the molecule is COc1cc(C2=CCN(C3CCN(CCOC(C)=O)CC3)CC2)ccc1[N+](=O)[O-]. The number of esters is 1. The molecule has 0 saturated carbocycles. The maximum atomic E-state index is 11.1. The van der Waals surface area contributed by atoms with E-state index in [0.29, 0.717) is 18.4 Å². The largest absolute Gasteiger partial charge is 0.490 e. The minimum atomic E-state index is -0.418. The molecule has 0 radical (unpaired) electrons. The first-order chi connectivity index (χ1) is 14.0. The second-order valence-corrected chi connectivity index (χ2v) is 7.53. The zero-order valence-electron chi connectivity index (χ0n) is 17.1. The first-order valence-electron chi connectivity index (χ1n) is 10.1. The molecule has 0 atom stereocenters. The van der Waals surface area contributed by atoms with Gasteiger partial charge >= 0.3 is 11.7 Å². The molecule has 0 N–H and O–H groups in total. The van der Waals surface area contributed by atoms with Gasteiger partial charge in [-0.2, -0.15) is 0 Å². The van der Waals surface area contributed by atoms with Crippen LogP contribution in [0.25, 0.3) is 5.57 Å². The van der Waals surface area contributed by atoms with Gasteiger partial charge in [0.15, 0.2) is 5.75 Å². The van der Waals surface area contributed by atoms with E-state index in [1.165, 1.54) is 25.7 Å². The van der Waals surface area contributed by atoms with Crippen LogP contribution >= 0.6 is 0 Å². The van der Waals surface area contributed by atoms with Gasteiger partial charge in [0.25, 0.3) is 0 Å². The molecule has 0 aromatic heterocycles. The van der Waals surface area contributed by atoms with E-state index < -0.39 is 4.92 Å². The van der Waals surface area contributed by atoms with Crippen molar-refractivity contribution in [3.05, 3.63) is 40.0 Å². The normalized spacial score (nSPS) is 18.9. The van der Waals surface area contributed by atoms with Crippen molar-refractivity contribution in [3.63, 3.8) is 0 Å². The standard InChI is InChI=1S/C21H29N3O5/c1-16(25)29-14-13-22-9-7-19(8-10-22)23-11-5-17(6-12-23)18-3-4-20(24(26)27)21(15-18)28-2/h3-5,15,19H,6-14H2,1-2H3. The number of hydrogen-bond donors (Lipinski definition) is 0. The summed E-state index contributed by atoms with van der Waals surface area (Å²) in [4.78, 5) is 26.4. The highest BCUT2D eigenvalue weighted by Gasteiger charge is 2.26. The number of nitro groups is 1. The molecule has 1 aromatic carbocycles. The van der Waals surface area contributed by atoms with E-state index in [1.807, 2.05) is 6.07 Å². The highest BCUT2D eigenvalue weighted by atomic mass is 16.6. The van der Waals surface area contributed by atoms with Crippen LogP contribution in [-0.4, -0.2) is 73.2 Å². The molecule has 2 aliphatic heterocycles. The molecule has 1 fully saturated rings. The Labute approximate surface area is 171 Å². The average Bonchev–Trinajstić information content (AvgIpc) is 2.73. The molecule has 0 spiro atoms. The summed E-state index contributed by atoms with van der Waals surface area (Å²) in [5.74, 6) is 0.0818. The number of ether oxygens (including phenoxy) is 2. The topological polar surface area (TPSA) is 85.2 Å². The molecule has 1 aromatic rings. The molecule has 0 bridgehead atoms. The highest BCUT2D eigenvalue weighted by molar-refractivity contribution is 5.70. The fourth-order valence-electron chi connectivity index (χ4n) is 4.13. The zero-order valence-corrected chi connectivity index (χ0v) is 17.1. The Morgan fingerprint density at radius 1 is 1.28 bits per heavy atom. The maximum absolute atomic E-state index is 11.1. The molecule has 0 amide bonds. The van der Waals surface area contributed by atoms with E-state index >= 15 is 0 Å². The Bertz CT molecular complexity index is 772. The van der Waals surface area contributed by atoms with E-state index in [1.54, 1.807) is 6.07 Å². The van der Waals surface area contributed by atoms with Crippen LogP contribution in [-0.2, 0) is 9.53 Å². The lowest BCUT2D eigenvalue weighted by molar-refractivity contribution is -0.385. The van der Waals surface area contributed by atoms with E-state index in [-0.39, 0.29) is 11.7 Å². The van der Waals surface area contributed by atoms with Gasteiger partial charge in [0.2, 0.25) is 0 Å². The number of likely N-dealkylation sites (tertiary alicyclic amines) is 1. The van der Waals surface area contributed by atoms with Gasteiger partial charge < -0.3 is 9.47 Å². The second kappa shape index (κ2) is 9.84. The molecule has 29 heavy (non-hydrogen) atoms. The highest BCUT2D eigenvalue weighted by Crippen LogP contribution is 2.33. The summed E-state index contributed by atoms with van der Waals surface area (Å²) >= 11 is 0. The number of nitrogens with zero attached hydrogens (tertiary/aromatic N) is 3. The summed E-state index contributed by atoms with van der Waals surface area (Å²) in [5, 5.41) is 11.1. The van der Waals surface area contributed by atoms with Crippen molar-refractivity contribution in [3.8, 4) is 5.75 Å². The summed E-state index contributed by atoms with van der Waals surface area (Å²) in [6.45, 7) is 6.65. The Morgan fingerprint density at radius 3 is 2.62 bits per heavy atom.